The van der Waals surface area contributed by atoms with E-state index in [9.17, 15) is 4.79 Å². The van der Waals surface area contributed by atoms with E-state index in [1.165, 1.54) is 5.56 Å². The van der Waals surface area contributed by atoms with Crippen molar-refractivity contribution in [3.8, 4) is 0 Å². The average Bonchev–Trinajstić information content (AvgIpc) is 2.94. The summed E-state index contributed by atoms with van der Waals surface area (Å²) in [7, 11) is 1.87. The molecule has 6 nitrogen and oxygen atoms in total. The van der Waals surface area contributed by atoms with Crippen LogP contribution in [-0.4, -0.2) is 65.0 Å². The molecule has 1 saturated heterocycles. The van der Waals surface area contributed by atoms with Crippen molar-refractivity contribution in [2.45, 2.75) is 26.3 Å². The molecule has 3 heterocycles. The molecule has 1 aromatic carbocycles. The Morgan fingerprint density at radius 2 is 1.97 bits per heavy atom. The van der Waals surface area contributed by atoms with Crippen LogP contribution in [-0.2, 0) is 17.7 Å². The summed E-state index contributed by atoms with van der Waals surface area (Å²) >= 11 is 0. The highest BCUT2D eigenvalue weighted by molar-refractivity contribution is 5.94. The van der Waals surface area contributed by atoms with Gasteiger partial charge < -0.3 is 14.0 Å². The van der Waals surface area contributed by atoms with Crippen molar-refractivity contribution in [1.29, 1.82) is 0 Å². The maximum Gasteiger partial charge on any atom is 0.274 e. The first-order valence-electron chi connectivity index (χ1n) is 10.7. The minimum Gasteiger partial charge on any atom is -0.380 e. The summed E-state index contributed by atoms with van der Waals surface area (Å²) in [5, 5.41) is 0. The number of likely N-dealkylation sites (N-methyl/N-ethyl adjacent to an activating group) is 1. The number of hydrogen-bond acceptors (Lipinski definition) is 4. The molecule has 30 heavy (non-hydrogen) atoms. The van der Waals surface area contributed by atoms with E-state index in [-0.39, 0.29) is 5.91 Å². The molecule has 0 unspecified atom stereocenters. The molecule has 0 radical (unpaired) electrons. The van der Waals surface area contributed by atoms with Crippen molar-refractivity contribution in [2.24, 2.45) is 0 Å². The number of imidazole rings is 1. The van der Waals surface area contributed by atoms with Crippen LogP contribution in [0.2, 0.25) is 0 Å². The Bertz CT molecular complexity index is 991. The number of ether oxygens (including phenoxy) is 1. The molecule has 4 rings (SSSR count). The normalized spacial score (nSPS) is 15.3. The molecule has 3 aromatic rings. The molecule has 0 saturated carbocycles. The van der Waals surface area contributed by atoms with E-state index in [0.717, 1.165) is 56.0 Å². The van der Waals surface area contributed by atoms with Crippen LogP contribution in [0.5, 0.6) is 0 Å². The van der Waals surface area contributed by atoms with Gasteiger partial charge in [-0.25, -0.2) is 4.98 Å². The van der Waals surface area contributed by atoms with Crippen molar-refractivity contribution in [2.75, 3.05) is 39.9 Å². The molecule has 0 spiro atoms. The van der Waals surface area contributed by atoms with E-state index >= 15 is 0 Å². The number of carbonyl (C=O) groups is 1. The van der Waals surface area contributed by atoms with Crippen molar-refractivity contribution in [1.82, 2.24) is 19.2 Å². The van der Waals surface area contributed by atoms with Crippen LogP contribution in [0.15, 0.2) is 48.7 Å². The van der Waals surface area contributed by atoms with Crippen LogP contribution < -0.4 is 0 Å². The molecule has 6 heteroatoms. The van der Waals surface area contributed by atoms with E-state index < -0.39 is 0 Å². The summed E-state index contributed by atoms with van der Waals surface area (Å²) in [6.45, 7) is 6.77. The fourth-order valence-electron chi connectivity index (χ4n) is 3.97. The number of aromatic nitrogens is 2. The highest BCUT2D eigenvalue weighted by Gasteiger charge is 2.24. The molecular formula is C24H30N4O2. The Hall–Kier alpha value is -2.70. The molecule has 0 N–H and O–H groups in total. The van der Waals surface area contributed by atoms with Crippen LogP contribution in [0.3, 0.4) is 0 Å². The molecular weight excluding hydrogens is 376 g/mol. The third kappa shape index (κ3) is 4.55. The van der Waals surface area contributed by atoms with Crippen LogP contribution in [0.4, 0.5) is 0 Å². The van der Waals surface area contributed by atoms with Gasteiger partial charge in [-0.2, -0.15) is 0 Å². The molecule has 0 aliphatic carbocycles. The summed E-state index contributed by atoms with van der Waals surface area (Å²) in [5.74, 6) is -0.0184. The lowest BCUT2D eigenvalue weighted by atomic mass is 10.1. The lowest BCUT2D eigenvalue weighted by Crippen LogP contribution is -2.32. The van der Waals surface area contributed by atoms with Gasteiger partial charge in [0.2, 0.25) is 0 Å². The standard InChI is InChI=1S/C24H30N4O2/c1-19-8-6-13-28-21(18-27-12-7-16-30-17-15-27)22(25-23(19)28)24(29)26(2)14-11-20-9-4-3-5-10-20/h3-6,8-10,13H,7,11-12,14-18H2,1-2H3. The van der Waals surface area contributed by atoms with Gasteiger partial charge in [0.25, 0.3) is 5.91 Å². The van der Waals surface area contributed by atoms with Gasteiger partial charge in [0.15, 0.2) is 5.69 Å². The van der Waals surface area contributed by atoms with E-state index in [4.69, 9.17) is 9.72 Å². The average molecular weight is 407 g/mol. The van der Waals surface area contributed by atoms with Gasteiger partial charge in [0.05, 0.1) is 12.3 Å². The molecule has 2 aromatic heterocycles. The summed E-state index contributed by atoms with van der Waals surface area (Å²) in [4.78, 5) is 22.3. The van der Waals surface area contributed by atoms with Crippen molar-refractivity contribution >= 4 is 11.6 Å². The Labute approximate surface area is 178 Å². The van der Waals surface area contributed by atoms with E-state index in [2.05, 4.69) is 21.4 Å². The number of aryl methyl sites for hydroxylation is 1. The first-order valence-corrected chi connectivity index (χ1v) is 10.7. The SMILES string of the molecule is Cc1cccn2c(CN3CCCOCC3)c(C(=O)N(C)CCc3ccccc3)nc12. The second kappa shape index (κ2) is 9.41. The molecule has 0 atom stereocenters. The maximum atomic E-state index is 13.4. The second-order valence-corrected chi connectivity index (χ2v) is 8.00. The zero-order valence-corrected chi connectivity index (χ0v) is 17.9. The van der Waals surface area contributed by atoms with Crippen molar-refractivity contribution in [3.63, 3.8) is 0 Å². The van der Waals surface area contributed by atoms with Crippen LogP contribution in [0, 0.1) is 6.92 Å². The molecule has 1 aliphatic heterocycles. The van der Waals surface area contributed by atoms with Crippen LogP contribution in [0.25, 0.3) is 5.65 Å². The zero-order valence-electron chi connectivity index (χ0n) is 17.9. The number of amides is 1. The number of fused-ring (bicyclic) bond motifs is 1. The fourth-order valence-corrected chi connectivity index (χ4v) is 3.97. The monoisotopic (exact) mass is 406 g/mol. The largest absolute Gasteiger partial charge is 0.380 e. The lowest BCUT2D eigenvalue weighted by Gasteiger charge is -2.21. The molecule has 1 aliphatic rings. The predicted molar refractivity (Wildman–Crippen MR) is 118 cm³/mol. The van der Waals surface area contributed by atoms with Gasteiger partial charge in [0, 0.05) is 46.0 Å². The van der Waals surface area contributed by atoms with Crippen molar-refractivity contribution < 1.29 is 9.53 Å². The molecule has 0 bridgehead atoms. The number of rotatable bonds is 6. The van der Waals surface area contributed by atoms with Crippen LogP contribution in [0.1, 0.15) is 33.7 Å². The number of nitrogens with zero attached hydrogens (tertiary/aromatic N) is 4. The predicted octanol–water partition coefficient (Wildman–Crippen LogP) is 3.18. The summed E-state index contributed by atoms with van der Waals surface area (Å²) in [6.07, 6.45) is 3.85. The van der Waals surface area contributed by atoms with Gasteiger partial charge >= 0.3 is 0 Å². The van der Waals surface area contributed by atoms with Gasteiger partial charge in [-0.05, 0) is 37.0 Å². The first-order chi connectivity index (χ1) is 14.6. The number of carbonyl (C=O) groups excluding carboxylic acids is 1. The summed E-state index contributed by atoms with van der Waals surface area (Å²) < 4.78 is 7.68. The van der Waals surface area contributed by atoms with E-state index in [1.54, 1.807) is 4.90 Å². The topological polar surface area (TPSA) is 50.1 Å². The Morgan fingerprint density at radius 1 is 1.13 bits per heavy atom. The van der Waals surface area contributed by atoms with Crippen LogP contribution >= 0.6 is 0 Å². The summed E-state index contributed by atoms with van der Waals surface area (Å²) in [6, 6.07) is 14.3. The first kappa shape index (κ1) is 20.6. The Morgan fingerprint density at radius 3 is 2.80 bits per heavy atom. The minimum absolute atomic E-state index is 0.0184. The fraction of sp³-hybridized carbons (Fsp3) is 0.417. The molecule has 1 amide bonds. The van der Waals surface area contributed by atoms with Gasteiger partial charge in [0.1, 0.15) is 5.65 Å². The smallest absolute Gasteiger partial charge is 0.274 e. The third-order valence-corrected chi connectivity index (χ3v) is 5.76. The Balaban J connectivity index is 1.59. The second-order valence-electron chi connectivity index (χ2n) is 8.00. The highest BCUT2D eigenvalue weighted by Crippen LogP contribution is 2.20. The minimum atomic E-state index is -0.0184. The number of pyridine rings is 1. The quantitative estimate of drug-likeness (QED) is 0.631. The maximum absolute atomic E-state index is 13.4. The highest BCUT2D eigenvalue weighted by atomic mass is 16.5. The lowest BCUT2D eigenvalue weighted by molar-refractivity contribution is 0.0789. The zero-order chi connectivity index (χ0) is 20.9. The molecule has 1 fully saturated rings. The van der Waals surface area contributed by atoms with Crippen molar-refractivity contribution in [3.05, 3.63) is 71.2 Å². The Kier molecular flexibility index (Phi) is 6.45. The van der Waals surface area contributed by atoms with E-state index in [0.29, 0.717) is 18.8 Å². The van der Waals surface area contributed by atoms with E-state index in [1.807, 2.05) is 50.5 Å². The third-order valence-electron chi connectivity index (χ3n) is 5.76. The van der Waals surface area contributed by atoms with Gasteiger partial charge in [-0.1, -0.05) is 36.4 Å². The molecule has 158 valence electrons. The summed E-state index contributed by atoms with van der Waals surface area (Å²) in [5.41, 5.74) is 4.69. The number of hydrogen-bond donors (Lipinski definition) is 0. The van der Waals surface area contributed by atoms with Gasteiger partial charge in [-0.3, -0.25) is 9.69 Å². The number of benzene rings is 1. The van der Waals surface area contributed by atoms with Gasteiger partial charge in [-0.15, -0.1) is 0 Å².